The van der Waals surface area contributed by atoms with Crippen LogP contribution >= 0.6 is 0 Å². The van der Waals surface area contributed by atoms with Crippen LogP contribution in [0.5, 0.6) is 0 Å². The van der Waals surface area contributed by atoms with E-state index in [2.05, 4.69) is 15.6 Å². The monoisotopic (exact) mass is 390 g/mol. The first-order valence-electron chi connectivity index (χ1n) is 8.55. The predicted molar refractivity (Wildman–Crippen MR) is 96.4 cm³/mol. The molecule has 0 saturated carbocycles. The van der Waals surface area contributed by atoms with Crippen molar-refractivity contribution in [2.45, 2.75) is 32.1 Å². The van der Waals surface area contributed by atoms with Crippen molar-refractivity contribution in [2.24, 2.45) is 0 Å². The zero-order valence-electron chi connectivity index (χ0n) is 14.9. The van der Waals surface area contributed by atoms with Crippen molar-refractivity contribution in [1.82, 2.24) is 20.3 Å². The van der Waals surface area contributed by atoms with Crippen LogP contribution in [-0.2, 0) is 17.5 Å². The maximum atomic E-state index is 12.8. The van der Waals surface area contributed by atoms with Gasteiger partial charge in [0.15, 0.2) is 0 Å². The maximum absolute atomic E-state index is 12.8. The van der Waals surface area contributed by atoms with Gasteiger partial charge >= 0.3 is 6.18 Å². The van der Waals surface area contributed by atoms with Crippen molar-refractivity contribution in [3.8, 4) is 0 Å². The second kappa shape index (κ2) is 7.79. The molecule has 1 amide bonds. The Morgan fingerprint density at radius 1 is 1.18 bits per heavy atom. The van der Waals surface area contributed by atoms with Crippen LogP contribution < -0.4 is 10.9 Å². The van der Waals surface area contributed by atoms with Gasteiger partial charge in [0.2, 0.25) is 5.91 Å². The van der Waals surface area contributed by atoms with E-state index in [4.69, 9.17) is 0 Å². The average molecular weight is 390 g/mol. The molecule has 0 spiro atoms. The van der Waals surface area contributed by atoms with E-state index in [1.807, 2.05) is 0 Å². The molecule has 1 N–H and O–H groups in total. The number of hydrogen-bond acceptors (Lipinski definition) is 4. The molecule has 0 radical (unpaired) electrons. The molecule has 146 valence electrons. The highest BCUT2D eigenvalue weighted by molar-refractivity contribution is 5.77. The average Bonchev–Trinajstić information content (AvgIpc) is 2.67. The molecule has 0 bridgehead atoms. The minimum atomic E-state index is -4.45. The first kappa shape index (κ1) is 19.5. The third-order valence-electron chi connectivity index (χ3n) is 4.27. The lowest BCUT2D eigenvalue weighted by Crippen LogP contribution is -2.30. The number of alkyl halides is 3. The van der Waals surface area contributed by atoms with E-state index in [9.17, 15) is 22.8 Å². The van der Waals surface area contributed by atoms with Crippen LogP contribution in [0.3, 0.4) is 0 Å². The van der Waals surface area contributed by atoms with Gasteiger partial charge in [-0.05, 0) is 36.8 Å². The summed E-state index contributed by atoms with van der Waals surface area (Å²) in [5.74, 6) is -0.410. The van der Waals surface area contributed by atoms with Crippen molar-refractivity contribution in [1.29, 1.82) is 0 Å². The van der Waals surface area contributed by atoms with E-state index in [1.165, 1.54) is 12.1 Å². The number of nitrogens with zero attached hydrogens (tertiary/aromatic N) is 3. The lowest BCUT2D eigenvalue weighted by atomic mass is 10.0. The standard InChI is InChI=1S/C19H17F3N4O2/c1-12(13-5-4-6-14(11-13)19(20,21)22)23-17(27)9-10-26-18(28)15-7-2-3-8-16(15)24-25-26/h2-8,11-12H,9-10H2,1H3,(H,23,27). The number of fused-ring (bicyclic) bond motifs is 1. The smallest absolute Gasteiger partial charge is 0.350 e. The van der Waals surface area contributed by atoms with Crippen LogP contribution in [0, 0.1) is 0 Å². The third kappa shape index (κ3) is 4.36. The molecule has 0 aliphatic heterocycles. The minimum Gasteiger partial charge on any atom is -0.350 e. The second-order valence-corrected chi connectivity index (χ2v) is 6.30. The number of rotatable bonds is 5. The molecule has 28 heavy (non-hydrogen) atoms. The molecular weight excluding hydrogens is 373 g/mol. The van der Waals surface area contributed by atoms with Gasteiger partial charge in [-0.2, -0.15) is 13.2 Å². The van der Waals surface area contributed by atoms with Gasteiger partial charge in [0.05, 0.1) is 23.5 Å². The van der Waals surface area contributed by atoms with E-state index in [1.54, 1.807) is 31.2 Å². The summed E-state index contributed by atoms with van der Waals surface area (Å²) in [6, 6.07) is 10.9. The van der Waals surface area contributed by atoms with Crippen LogP contribution in [0.15, 0.2) is 53.3 Å². The number of halogens is 3. The van der Waals surface area contributed by atoms with E-state index in [-0.39, 0.29) is 18.5 Å². The number of aryl methyl sites for hydroxylation is 1. The van der Waals surface area contributed by atoms with Gasteiger partial charge in [0, 0.05) is 6.42 Å². The van der Waals surface area contributed by atoms with Gasteiger partial charge in [-0.15, -0.1) is 5.10 Å². The molecule has 1 aromatic heterocycles. The molecule has 0 aliphatic carbocycles. The molecule has 3 rings (SSSR count). The first-order valence-corrected chi connectivity index (χ1v) is 8.55. The minimum absolute atomic E-state index is 0.0117. The topological polar surface area (TPSA) is 76.9 Å². The largest absolute Gasteiger partial charge is 0.416 e. The number of nitrogens with one attached hydrogen (secondary N) is 1. The molecule has 2 aromatic carbocycles. The number of aromatic nitrogens is 3. The fraction of sp³-hybridized carbons (Fsp3) is 0.263. The van der Waals surface area contributed by atoms with Crippen LogP contribution in [-0.4, -0.2) is 20.9 Å². The van der Waals surface area contributed by atoms with Crippen LogP contribution in [0.25, 0.3) is 10.9 Å². The number of carbonyl (C=O) groups excluding carboxylic acids is 1. The lowest BCUT2D eigenvalue weighted by Gasteiger charge is -2.16. The zero-order valence-corrected chi connectivity index (χ0v) is 14.9. The summed E-state index contributed by atoms with van der Waals surface area (Å²) in [6.45, 7) is 1.60. The van der Waals surface area contributed by atoms with Gasteiger partial charge in [-0.3, -0.25) is 9.59 Å². The van der Waals surface area contributed by atoms with Gasteiger partial charge in [-0.25, -0.2) is 4.68 Å². The Bertz CT molecular complexity index is 1060. The number of carbonyl (C=O) groups is 1. The molecular formula is C19H17F3N4O2. The fourth-order valence-corrected chi connectivity index (χ4v) is 2.76. The van der Waals surface area contributed by atoms with Gasteiger partial charge in [0.1, 0.15) is 5.52 Å². The highest BCUT2D eigenvalue weighted by atomic mass is 19.4. The Morgan fingerprint density at radius 3 is 2.68 bits per heavy atom. The summed E-state index contributed by atoms with van der Waals surface area (Å²) in [5, 5.41) is 10.8. The summed E-state index contributed by atoms with van der Waals surface area (Å²) >= 11 is 0. The van der Waals surface area contributed by atoms with Crippen molar-refractivity contribution in [3.63, 3.8) is 0 Å². The number of hydrogen-bond donors (Lipinski definition) is 1. The summed E-state index contributed by atoms with van der Waals surface area (Å²) < 4.78 is 39.5. The zero-order chi connectivity index (χ0) is 20.3. The van der Waals surface area contributed by atoms with Crippen molar-refractivity contribution in [3.05, 3.63) is 70.0 Å². The Morgan fingerprint density at radius 2 is 1.93 bits per heavy atom. The molecule has 0 fully saturated rings. The molecule has 3 aromatic rings. The molecule has 9 heteroatoms. The summed E-state index contributed by atoms with van der Waals surface area (Å²) in [4.78, 5) is 24.5. The third-order valence-corrected chi connectivity index (χ3v) is 4.27. The van der Waals surface area contributed by atoms with Crippen molar-refractivity contribution < 1.29 is 18.0 Å². The number of benzene rings is 2. The highest BCUT2D eigenvalue weighted by Crippen LogP contribution is 2.30. The summed E-state index contributed by atoms with van der Waals surface area (Å²) in [7, 11) is 0. The Kier molecular flexibility index (Phi) is 5.43. The van der Waals surface area contributed by atoms with Crippen LogP contribution in [0.2, 0.25) is 0 Å². The maximum Gasteiger partial charge on any atom is 0.416 e. The summed E-state index contributed by atoms with van der Waals surface area (Å²) in [5.41, 5.74) is -0.328. The molecule has 1 unspecified atom stereocenters. The predicted octanol–water partition coefficient (Wildman–Crippen LogP) is 3.08. The van der Waals surface area contributed by atoms with E-state index in [0.29, 0.717) is 16.5 Å². The molecule has 0 aliphatic rings. The van der Waals surface area contributed by atoms with E-state index in [0.717, 1.165) is 16.8 Å². The van der Waals surface area contributed by atoms with E-state index >= 15 is 0 Å². The Labute approximate surface area is 158 Å². The Balaban J connectivity index is 1.65. The normalized spacial score (nSPS) is 12.7. The molecule has 6 nitrogen and oxygen atoms in total. The molecule has 1 atom stereocenters. The molecule has 0 saturated heterocycles. The number of amides is 1. The Hall–Kier alpha value is -3.23. The van der Waals surface area contributed by atoms with Crippen LogP contribution in [0.1, 0.15) is 30.5 Å². The molecule has 1 heterocycles. The van der Waals surface area contributed by atoms with Crippen molar-refractivity contribution >= 4 is 16.8 Å². The quantitative estimate of drug-likeness (QED) is 0.726. The van der Waals surface area contributed by atoms with Crippen LogP contribution in [0.4, 0.5) is 13.2 Å². The summed E-state index contributed by atoms with van der Waals surface area (Å²) in [6.07, 6.45) is -4.51. The first-order chi connectivity index (χ1) is 13.3. The SMILES string of the molecule is CC(NC(=O)CCn1nnc2ccccc2c1=O)c1cccc(C(F)(F)F)c1. The second-order valence-electron chi connectivity index (χ2n) is 6.30. The lowest BCUT2D eigenvalue weighted by molar-refractivity contribution is -0.137. The van der Waals surface area contributed by atoms with Gasteiger partial charge in [-0.1, -0.05) is 29.5 Å². The van der Waals surface area contributed by atoms with Gasteiger partial charge < -0.3 is 5.32 Å². The highest BCUT2D eigenvalue weighted by Gasteiger charge is 2.30. The van der Waals surface area contributed by atoms with E-state index < -0.39 is 23.7 Å². The van der Waals surface area contributed by atoms with Gasteiger partial charge in [0.25, 0.3) is 5.56 Å². The van der Waals surface area contributed by atoms with Crippen molar-refractivity contribution in [2.75, 3.05) is 0 Å². The fourth-order valence-electron chi connectivity index (χ4n) is 2.76.